The van der Waals surface area contributed by atoms with Gasteiger partial charge in [-0.25, -0.2) is 0 Å². The molecule has 0 radical (unpaired) electrons. The number of ether oxygens (including phenoxy) is 1. The third kappa shape index (κ3) is 5.96. The number of esters is 1. The van der Waals surface area contributed by atoms with E-state index in [9.17, 15) is 4.79 Å². The topological polar surface area (TPSA) is 26.3 Å². The number of hydrogen-bond donors (Lipinski definition) is 0. The molecule has 2 nitrogen and oxygen atoms in total. The van der Waals surface area contributed by atoms with Crippen LogP contribution in [0.3, 0.4) is 0 Å². The standard InChI is InChI=1S/C4H3O2.3CH3.Sn/c1-3-4(5)6-2;;;;/h2H3;3*1H3;. The van der Waals surface area contributed by atoms with Gasteiger partial charge in [0, 0.05) is 0 Å². The Bertz CT molecular complexity index is 180. The molecule has 0 aliphatic carbocycles. The maximum atomic E-state index is 10.5. The van der Waals surface area contributed by atoms with Gasteiger partial charge in [0.2, 0.25) is 0 Å². The van der Waals surface area contributed by atoms with Crippen LogP contribution in [0.25, 0.3) is 0 Å². The van der Waals surface area contributed by atoms with Gasteiger partial charge in [0.1, 0.15) is 0 Å². The SMILES string of the molecule is COC(=O)C#[C][Sn]([CH3])([CH3])[CH3]. The molecule has 0 aliphatic rings. The van der Waals surface area contributed by atoms with Crippen molar-refractivity contribution in [2.45, 2.75) is 14.8 Å². The first-order valence-corrected chi connectivity index (χ1v) is 13.1. The molecule has 0 rings (SSSR count). The van der Waals surface area contributed by atoms with Gasteiger partial charge in [0.25, 0.3) is 0 Å². The average molecular weight is 247 g/mol. The zero-order chi connectivity index (χ0) is 8.20. The number of carbonyl (C=O) groups is 1. The summed E-state index contributed by atoms with van der Waals surface area (Å²) in [6.45, 7) is 0. The van der Waals surface area contributed by atoms with Crippen LogP contribution in [-0.2, 0) is 9.53 Å². The summed E-state index contributed by atoms with van der Waals surface area (Å²) in [7, 11) is 1.34. The van der Waals surface area contributed by atoms with Crippen molar-refractivity contribution < 1.29 is 9.53 Å². The summed E-state index contributed by atoms with van der Waals surface area (Å²) in [5, 5.41) is 0. The third-order valence-corrected chi connectivity index (χ3v) is 3.22. The maximum absolute atomic E-state index is 10.5. The van der Waals surface area contributed by atoms with Crippen LogP contribution in [-0.4, -0.2) is 31.5 Å². The van der Waals surface area contributed by atoms with Gasteiger partial charge >= 0.3 is 65.7 Å². The number of hydrogen-bond acceptors (Lipinski definition) is 2. The monoisotopic (exact) mass is 248 g/mol. The van der Waals surface area contributed by atoms with Crippen LogP contribution in [0.5, 0.6) is 0 Å². The molecule has 0 aromatic heterocycles. The molecule has 0 atom stereocenters. The van der Waals surface area contributed by atoms with Crippen molar-refractivity contribution in [3.05, 3.63) is 0 Å². The van der Waals surface area contributed by atoms with Gasteiger partial charge in [-0.3, -0.25) is 0 Å². The molecule has 0 N–H and O–H groups in total. The summed E-state index contributed by atoms with van der Waals surface area (Å²) in [6, 6.07) is 0. The zero-order valence-corrected chi connectivity index (χ0v) is 9.67. The molecular formula is C7H12O2Sn. The molecule has 0 saturated heterocycles. The fourth-order valence-electron chi connectivity index (χ4n) is 0.290. The van der Waals surface area contributed by atoms with Crippen LogP contribution >= 0.6 is 0 Å². The summed E-state index contributed by atoms with van der Waals surface area (Å²) < 4.78 is 7.32. The van der Waals surface area contributed by atoms with E-state index in [1.807, 2.05) is 0 Å². The second-order valence-corrected chi connectivity index (χ2v) is 16.5. The van der Waals surface area contributed by atoms with E-state index in [0.717, 1.165) is 0 Å². The van der Waals surface area contributed by atoms with Gasteiger partial charge < -0.3 is 0 Å². The molecule has 0 unspecified atom stereocenters. The fourth-order valence-corrected chi connectivity index (χ4v) is 1.65. The van der Waals surface area contributed by atoms with E-state index >= 15 is 0 Å². The molecule has 0 fully saturated rings. The van der Waals surface area contributed by atoms with Crippen LogP contribution in [0.2, 0.25) is 14.8 Å². The molecule has 0 spiro atoms. The van der Waals surface area contributed by atoms with E-state index in [4.69, 9.17) is 0 Å². The first-order chi connectivity index (χ1) is 4.45. The Hall–Kier alpha value is -0.171. The van der Waals surface area contributed by atoms with Crippen molar-refractivity contribution >= 4 is 24.3 Å². The second-order valence-electron chi connectivity index (χ2n) is 2.99. The van der Waals surface area contributed by atoms with E-state index in [-0.39, 0.29) is 0 Å². The molecule has 0 aromatic carbocycles. The van der Waals surface area contributed by atoms with Gasteiger partial charge in [-0.15, -0.1) is 0 Å². The van der Waals surface area contributed by atoms with E-state index in [1.54, 1.807) is 0 Å². The summed E-state index contributed by atoms with van der Waals surface area (Å²) in [4.78, 5) is 16.9. The van der Waals surface area contributed by atoms with Gasteiger partial charge in [0.15, 0.2) is 0 Å². The number of rotatable bonds is 0. The predicted octanol–water partition coefficient (Wildman–Crippen LogP) is 1.04. The molecule has 0 heterocycles. The number of carbonyl (C=O) groups excluding carboxylic acids is 1. The van der Waals surface area contributed by atoms with Gasteiger partial charge in [-0.1, -0.05) is 0 Å². The molecular weight excluding hydrogens is 235 g/mol. The zero-order valence-electron chi connectivity index (χ0n) is 6.82. The molecule has 0 bridgehead atoms. The molecule has 0 aliphatic heterocycles. The molecule has 10 heavy (non-hydrogen) atoms. The minimum absolute atomic E-state index is 0.424. The fraction of sp³-hybridized carbons (Fsp3) is 0.571. The van der Waals surface area contributed by atoms with Gasteiger partial charge in [-0.05, 0) is 0 Å². The molecule has 3 heteroatoms. The Morgan fingerprint density at radius 2 is 1.90 bits per heavy atom. The Morgan fingerprint density at radius 1 is 1.40 bits per heavy atom. The molecule has 0 aromatic rings. The van der Waals surface area contributed by atoms with Gasteiger partial charge in [0.05, 0.1) is 0 Å². The van der Waals surface area contributed by atoms with E-state index in [0.29, 0.717) is 0 Å². The summed E-state index contributed by atoms with van der Waals surface area (Å²) in [5.74, 6) is 2.03. The van der Waals surface area contributed by atoms with Crippen molar-refractivity contribution in [3.8, 4) is 9.86 Å². The third-order valence-electron chi connectivity index (χ3n) is 0.725. The molecule has 0 amide bonds. The Balaban J connectivity index is 4.05. The Kier molecular flexibility index (Phi) is 3.80. The summed E-state index contributed by atoms with van der Waals surface area (Å²) in [5.41, 5.74) is 0. The van der Waals surface area contributed by atoms with Crippen LogP contribution in [0, 0.1) is 9.86 Å². The van der Waals surface area contributed by atoms with Crippen molar-refractivity contribution in [2.24, 2.45) is 0 Å². The Morgan fingerprint density at radius 3 is 2.20 bits per heavy atom. The van der Waals surface area contributed by atoms with Crippen LogP contribution < -0.4 is 0 Å². The molecule has 0 saturated carbocycles. The van der Waals surface area contributed by atoms with Crippen molar-refractivity contribution in [1.29, 1.82) is 0 Å². The van der Waals surface area contributed by atoms with Crippen molar-refractivity contribution in [1.82, 2.24) is 0 Å². The number of methoxy groups -OCH3 is 1. The van der Waals surface area contributed by atoms with E-state index in [1.165, 1.54) is 7.11 Å². The predicted molar refractivity (Wildman–Crippen MR) is 43.1 cm³/mol. The molecule has 56 valence electrons. The Labute approximate surface area is 65.8 Å². The summed E-state index contributed by atoms with van der Waals surface area (Å²) in [6.07, 6.45) is 0. The second kappa shape index (κ2) is 3.87. The van der Waals surface area contributed by atoms with Crippen LogP contribution in [0.15, 0.2) is 0 Å². The van der Waals surface area contributed by atoms with Gasteiger partial charge in [-0.2, -0.15) is 0 Å². The van der Waals surface area contributed by atoms with Crippen LogP contribution in [0.4, 0.5) is 0 Å². The summed E-state index contributed by atoms with van der Waals surface area (Å²) >= 11 is -2.05. The minimum atomic E-state index is -2.05. The van der Waals surface area contributed by atoms with Crippen molar-refractivity contribution in [3.63, 3.8) is 0 Å². The van der Waals surface area contributed by atoms with Crippen molar-refractivity contribution in [2.75, 3.05) is 7.11 Å². The van der Waals surface area contributed by atoms with E-state index in [2.05, 4.69) is 29.4 Å². The quantitative estimate of drug-likeness (QED) is 0.363. The first-order valence-electron chi connectivity index (χ1n) is 3.07. The normalized spacial score (nSPS) is 9.60. The average Bonchev–Trinajstić information content (AvgIpc) is 1.81. The van der Waals surface area contributed by atoms with E-state index < -0.39 is 24.3 Å². The van der Waals surface area contributed by atoms with Crippen LogP contribution in [0.1, 0.15) is 0 Å². The first kappa shape index (κ1) is 9.83.